The molecule has 0 saturated carbocycles. The SMILES string of the molecule is COc1cccc2c1C1(CN(CN3CCN(c4ccc(O)cc4)CC3)C2)OCCO1. The lowest BCUT2D eigenvalue weighted by molar-refractivity contribution is -0.192. The molecule has 0 radical (unpaired) electrons. The van der Waals surface area contributed by atoms with Gasteiger partial charge >= 0.3 is 0 Å². The van der Waals surface area contributed by atoms with E-state index in [1.54, 1.807) is 19.2 Å². The van der Waals surface area contributed by atoms with Crippen molar-refractivity contribution in [3.8, 4) is 11.5 Å². The highest BCUT2D eigenvalue weighted by Crippen LogP contribution is 2.43. The second-order valence-corrected chi connectivity index (χ2v) is 8.19. The summed E-state index contributed by atoms with van der Waals surface area (Å²) in [4.78, 5) is 7.28. The highest BCUT2D eigenvalue weighted by Gasteiger charge is 2.47. The second kappa shape index (κ2) is 8.07. The van der Waals surface area contributed by atoms with Gasteiger partial charge in [-0.05, 0) is 35.9 Å². The van der Waals surface area contributed by atoms with Gasteiger partial charge in [-0.25, -0.2) is 0 Å². The molecule has 2 saturated heterocycles. The third-order valence-corrected chi connectivity index (χ3v) is 6.28. The number of hydrogen-bond acceptors (Lipinski definition) is 7. The minimum absolute atomic E-state index is 0.310. The Morgan fingerprint density at radius 3 is 2.40 bits per heavy atom. The van der Waals surface area contributed by atoms with Crippen molar-refractivity contribution in [3.63, 3.8) is 0 Å². The van der Waals surface area contributed by atoms with Gasteiger partial charge in [-0.3, -0.25) is 9.80 Å². The molecular formula is C23H29N3O4. The van der Waals surface area contributed by atoms with Crippen molar-refractivity contribution in [2.24, 2.45) is 0 Å². The van der Waals surface area contributed by atoms with Crippen LogP contribution >= 0.6 is 0 Å². The number of phenols is 1. The van der Waals surface area contributed by atoms with Crippen LogP contribution in [-0.4, -0.2) is 74.6 Å². The predicted octanol–water partition coefficient (Wildman–Crippen LogP) is 2.20. The van der Waals surface area contributed by atoms with Crippen LogP contribution in [0.1, 0.15) is 11.1 Å². The second-order valence-electron chi connectivity index (χ2n) is 8.19. The Kier molecular flexibility index (Phi) is 5.28. The fourth-order valence-electron chi connectivity index (χ4n) is 4.87. The molecule has 0 bridgehead atoms. The zero-order valence-electron chi connectivity index (χ0n) is 17.4. The third kappa shape index (κ3) is 3.63. The first-order chi connectivity index (χ1) is 14.7. The van der Waals surface area contributed by atoms with Crippen LogP contribution in [0.2, 0.25) is 0 Å². The van der Waals surface area contributed by atoms with Crippen molar-refractivity contribution in [1.82, 2.24) is 9.80 Å². The van der Waals surface area contributed by atoms with Crippen molar-refractivity contribution >= 4 is 5.69 Å². The zero-order chi connectivity index (χ0) is 20.6. The van der Waals surface area contributed by atoms with E-state index in [1.807, 2.05) is 24.3 Å². The van der Waals surface area contributed by atoms with Crippen LogP contribution in [0.25, 0.3) is 0 Å². The van der Waals surface area contributed by atoms with E-state index < -0.39 is 5.79 Å². The van der Waals surface area contributed by atoms with Gasteiger partial charge in [-0.1, -0.05) is 12.1 Å². The molecule has 2 aromatic rings. The van der Waals surface area contributed by atoms with Crippen LogP contribution in [0, 0.1) is 0 Å². The van der Waals surface area contributed by atoms with Crippen LogP contribution < -0.4 is 9.64 Å². The molecule has 3 heterocycles. The van der Waals surface area contributed by atoms with Gasteiger partial charge in [0.1, 0.15) is 11.5 Å². The molecule has 0 aliphatic carbocycles. The molecular weight excluding hydrogens is 382 g/mol. The predicted molar refractivity (Wildman–Crippen MR) is 114 cm³/mol. The Labute approximate surface area is 177 Å². The molecule has 7 heteroatoms. The topological polar surface area (TPSA) is 57.6 Å². The summed E-state index contributed by atoms with van der Waals surface area (Å²) >= 11 is 0. The molecule has 2 aromatic carbocycles. The zero-order valence-corrected chi connectivity index (χ0v) is 17.4. The van der Waals surface area contributed by atoms with E-state index in [9.17, 15) is 5.11 Å². The maximum absolute atomic E-state index is 9.51. The molecule has 160 valence electrons. The Hall–Kier alpha value is -2.32. The highest BCUT2D eigenvalue weighted by atomic mass is 16.7. The Bertz CT molecular complexity index is 875. The van der Waals surface area contributed by atoms with Gasteiger partial charge in [0.25, 0.3) is 0 Å². The van der Waals surface area contributed by atoms with Gasteiger partial charge in [0.05, 0.1) is 39.1 Å². The lowest BCUT2D eigenvalue weighted by atomic mass is 9.93. The van der Waals surface area contributed by atoms with Crippen LogP contribution in [0.3, 0.4) is 0 Å². The first-order valence-corrected chi connectivity index (χ1v) is 10.6. The lowest BCUT2D eigenvalue weighted by Gasteiger charge is -2.44. The summed E-state index contributed by atoms with van der Waals surface area (Å²) in [6.07, 6.45) is 0. The molecule has 0 amide bonds. The summed E-state index contributed by atoms with van der Waals surface area (Å²) in [6.45, 7) is 7.61. The van der Waals surface area contributed by atoms with Gasteiger partial charge in [-0.15, -0.1) is 0 Å². The fraction of sp³-hybridized carbons (Fsp3) is 0.478. The molecule has 2 fully saturated rings. The smallest absolute Gasteiger partial charge is 0.212 e. The number of anilines is 1. The van der Waals surface area contributed by atoms with E-state index in [0.29, 0.717) is 25.5 Å². The van der Waals surface area contributed by atoms with Crippen molar-refractivity contribution in [2.75, 3.05) is 64.6 Å². The molecule has 1 N–H and O–H groups in total. The number of piperazine rings is 1. The van der Waals surface area contributed by atoms with E-state index >= 15 is 0 Å². The standard InChI is InChI=1S/C23H29N3O4/c1-28-21-4-2-3-18-15-25(16-23(22(18)21)29-13-14-30-23)17-24-9-11-26(12-10-24)19-5-7-20(27)8-6-19/h2-8,27H,9-17H2,1H3. The number of nitrogens with zero attached hydrogens (tertiary/aromatic N) is 3. The molecule has 3 aliphatic rings. The number of aromatic hydroxyl groups is 1. The van der Waals surface area contributed by atoms with Crippen molar-refractivity contribution in [2.45, 2.75) is 12.3 Å². The van der Waals surface area contributed by atoms with E-state index in [4.69, 9.17) is 14.2 Å². The van der Waals surface area contributed by atoms with Gasteiger partial charge in [-0.2, -0.15) is 0 Å². The number of phenolic OH excluding ortho intramolecular Hbond substituents is 1. The Balaban J connectivity index is 1.27. The number of rotatable bonds is 4. The van der Waals surface area contributed by atoms with E-state index in [1.165, 1.54) is 5.56 Å². The van der Waals surface area contributed by atoms with Gasteiger partial charge in [0.2, 0.25) is 5.79 Å². The molecule has 30 heavy (non-hydrogen) atoms. The van der Waals surface area contributed by atoms with Gasteiger partial charge < -0.3 is 24.2 Å². The highest BCUT2D eigenvalue weighted by molar-refractivity contribution is 5.49. The quantitative estimate of drug-likeness (QED) is 0.828. The number of fused-ring (bicyclic) bond motifs is 2. The van der Waals surface area contributed by atoms with Crippen LogP contribution in [0.4, 0.5) is 5.69 Å². The molecule has 7 nitrogen and oxygen atoms in total. The molecule has 0 aromatic heterocycles. The average molecular weight is 412 g/mol. The molecule has 0 atom stereocenters. The maximum atomic E-state index is 9.51. The first-order valence-electron chi connectivity index (χ1n) is 10.6. The molecule has 0 unspecified atom stereocenters. The van der Waals surface area contributed by atoms with Gasteiger partial charge in [0, 0.05) is 38.4 Å². The van der Waals surface area contributed by atoms with Crippen LogP contribution in [0.5, 0.6) is 11.5 Å². The molecule has 1 spiro atoms. The minimum Gasteiger partial charge on any atom is -0.508 e. The van der Waals surface area contributed by atoms with E-state index in [0.717, 1.165) is 56.4 Å². The van der Waals surface area contributed by atoms with E-state index in [-0.39, 0.29) is 0 Å². The number of benzene rings is 2. The summed E-state index contributed by atoms with van der Waals surface area (Å²) < 4.78 is 18.0. The van der Waals surface area contributed by atoms with Crippen molar-refractivity contribution in [1.29, 1.82) is 0 Å². The summed E-state index contributed by atoms with van der Waals surface area (Å²) in [5, 5.41) is 9.51. The van der Waals surface area contributed by atoms with Crippen molar-refractivity contribution < 1.29 is 19.3 Å². The monoisotopic (exact) mass is 411 g/mol. The number of ether oxygens (including phenoxy) is 3. The molecule has 5 rings (SSSR count). The third-order valence-electron chi connectivity index (χ3n) is 6.28. The summed E-state index contributed by atoms with van der Waals surface area (Å²) in [5.74, 6) is 0.426. The van der Waals surface area contributed by atoms with E-state index in [2.05, 4.69) is 20.8 Å². The Morgan fingerprint density at radius 1 is 0.967 bits per heavy atom. The first kappa shape index (κ1) is 19.6. The summed E-state index contributed by atoms with van der Waals surface area (Å²) in [6, 6.07) is 13.7. The fourth-order valence-corrected chi connectivity index (χ4v) is 4.87. The van der Waals surface area contributed by atoms with Gasteiger partial charge in [0.15, 0.2) is 0 Å². The number of hydrogen-bond donors (Lipinski definition) is 1. The average Bonchev–Trinajstić information content (AvgIpc) is 3.23. The molecule has 3 aliphatic heterocycles. The Morgan fingerprint density at radius 2 is 1.70 bits per heavy atom. The van der Waals surface area contributed by atoms with Crippen LogP contribution in [-0.2, 0) is 21.8 Å². The normalized spacial score (nSPS) is 21.7. The summed E-state index contributed by atoms with van der Waals surface area (Å²) in [5.41, 5.74) is 3.43. The largest absolute Gasteiger partial charge is 0.508 e. The van der Waals surface area contributed by atoms with Crippen LogP contribution in [0.15, 0.2) is 42.5 Å². The minimum atomic E-state index is -0.728. The maximum Gasteiger partial charge on any atom is 0.212 e. The summed E-state index contributed by atoms with van der Waals surface area (Å²) in [7, 11) is 1.71. The van der Waals surface area contributed by atoms with Crippen molar-refractivity contribution in [3.05, 3.63) is 53.6 Å². The lowest BCUT2D eigenvalue weighted by Crippen LogP contribution is -2.54. The number of methoxy groups -OCH3 is 1.